The standard InChI is InChI=1S/C24H46O6/c1-5-7-8-14-17-21(25)18-15-12-10-9-11-13-16-19-22(23(26)28-4)20(3)30-24(27)29-6-2/h20-22,25H,5-19H2,1-4H3. The van der Waals surface area contributed by atoms with E-state index in [0.717, 1.165) is 44.9 Å². The fraction of sp³-hybridized carbons (Fsp3) is 0.917. The Morgan fingerprint density at radius 1 is 0.800 bits per heavy atom. The van der Waals surface area contributed by atoms with Crippen LogP contribution in [0.2, 0.25) is 0 Å². The maximum atomic E-state index is 12.0. The van der Waals surface area contributed by atoms with E-state index >= 15 is 0 Å². The Morgan fingerprint density at radius 3 is 1.80 bits per heavy atom. The maximum absolute atomic E-state index is 12.0. The molecule has 0 amide bonds. The molecule has 0 aliphatic heterocycles. The first kappa shape index (κ1) is 28.7. The van der Waals surface area contributed by atoms with E-state index in [2.05, 4.69) is 6.92 Å². The maximum Gasteiger partial charge on any atom is 0.508 e. The third-order valence-electron chi connectivity index (χ3n) is 5.56. The van der Waals surface area contributed by atoms with Crippen LogP contribution in [0.4, 0.5) is 4.79 Å². The highest BCUT2D eigenvalue weighted by Gasteiger charge is 2.28. The first-order valence-corrected chi connectivity index (χ1v) is 12.0. The highest BCUT2D eigenvalue weighted by Crippen LogP contribution is 2.20. The number of hydrogen-bond donors (Lipinski definition) is 1. The van der Waals surface area contributed by atoms with Gasteiger partial charge < -0.3 is 19.3 Å². The number of esters is 1. The van der Waals surface area contributed by atoms with Crippen molar-refractivity contribution in [3.63, 3.8) is 0 Å². The van der Waals surface area contributed by atoms with E-state index in [4.69, 9.17) is 14.2 Å². The van der Waals surface area contributed by atoms with Gasteiger partial charge >= 0.3 is 12.1 Å². The summed E-state index contributed by atoms with van der Waals surface area (Å²) in [6, 6.07) is 0. The van der Waals surface area contributed by atoms with Crippen molar-refractivity contribution in [2.75, 3.05) is 13.7 Å². The van der Waals surface area contributed by atoms with E-state index in [1.165, 1.54) is 45.6 Å². The Kier molecular flexibility index (Phi) is 18.8. The van der Waals surface area contributed by atoms with Gasteiger partial charge in [0, 0.05) is 0 Å². The molecule has 0 aliphatic carbocycles. The van der Waals surface area contributed by atoms with Gasteiger partial charge in [0.25, 0.3) is 0 Å². The average molecular weight is 431 g/mol. The highest BCUT2D eigenvalue weighted by molar-refractivity contribution is 5.73. The molecular formula is C24H46O6. The van der Waals surface area contributed by atoms with Crippen LogP contribution in [-0.4, -0.2) is 43.2 Å². The highest BCUT2D eigenvalue weighted by atomic mass is 16.7. The summed E-state index contributed by atoms with van der Waals surface area (Å²) in [6.07, 6.45) is 13.6. The number of methoxy groups -OCH3 is 1. The van der Waals surface area contributed by atoms with Gasteiger partial charge in [0.05, 0.1) is 25.7 Å². The molecule has 0 heterocycles. The van der Waals surface area contributed by atoms with Crippen LogP contribution in [0, 0.1) is 5.92 Å². The van der Waals surface area contributed by atoms with Gasteiger partial charge in [-0.1, -0.05) is 77.6 Å². The van der Waals surface area contributed by atoms with Crippen LogP contribution in [0.25, 0.3) is 0 Å². The molecule has 0 aromatic rings. The lowest BCUT2D eigenvalue weighted by molar-refractivity contribution is -0.150. The zero-order chi connectivity index (χ0) is 22.6. The number of aliphatic hydroxyl groups is 1. The molecule has 0 radical (unpaired) electrons. The molecular weight excluding hydrogens is 384 g/mol. The number of ether oxygens (including phenoxy) is 3. The Bertz CT molecular complexity index is 426. The van der Waals surface area contributed by atoms with Gasteiger partial charge in [0.15, 0.2) is 0 Å². The number of aliphatic hydroxyl groups excluding tert-OH is 1. The lowest BCUT2D eigenvalue weighted by Crippen LogP contribution is -2.31. The minimum absolute atomic E-state index is 0.129. The first-order chi connectivity index (χ1) is 14.5. The van der Waals surface area contributed by atoms with Crippen molar-refractivity contribution in [3.05, 3.63) is 0 Å². The molecule has 0 saturated heterocycles. The Morgan fingerprint density at radius 2 is 1.30 bits per heavy atom. The van der Waals surface area contributed by atoms with Crippen LogP contribution in [0.3, 0.4) is 0 Å². The van der Waals surface area contributed by atoms with E-state index in [-0.39, 0.29) is 18.7 Å². The molecule has 0 fully saturated rings. The SMILES string of the molecule is CCCCCCC(O)CCCCCCCCCC(C(=O)OC)C(C)OC(=O)OCC. The third-order valence-corrected chi connectivity index (χ3v) is 5.56. The van der Waals surface area contributed by atoms with Gasteiger partial charge in [-0.05, 0) is 33.1 Å². The second kappa shape index (κ2) is 19.7. The van der Waals surface area contributed by atoms with Gasteiger partial charge in [0.2, 0.25) is 0 Å². The largest absolute Gasteiger partial charge is 0.508 e. The number of carbonyl (C=O) groups is 2. The molecule has 3 unspecified atom stereocenters. The zero-order valence-corrected chi connectivity index (χ0v) is 19.8. The molecule has 0 bridgehead atoms. The van der Waals surface area contributed by atoms with Crippen molar-refractivity contribution in [1.29, 1.82) is 0 Å². The summed E-state index contributed by atoms with van der Waals surface area (Å²) in [5.74, 6) is -0.807. The zero-order valence-electron chi connectivity index (χ0n) is 19.8. The lowest BCUT2D eigenvalue weighted by atomic mass is 9.95. The van der Waals surface area contributed by atoms with E-state index in [9.17, 15) is 14.7 Å². The van der Waals surface area contributed by atoms with Crippen LogP contribution in [0.5, 0.6) is 0 Å². The second-order valence-corrected chi connectivity index (χ2v) is 8.19. The van der Waals surface area contributed by atoms with Crippen molar-refractivity contribution in [2.45, 2.75) is 123 Å². The normalized spacial score (nSPS) is 14.0. The smallest absolute Gasteiger partial charge is 0.469 e. The number of carbonyl (C=O) groups excluding carboxylic acids is 2. The quantitative estimate of drug-likeness (QED) is 0.195. The van der Waals surface area contributed by atoms with E-state index in [0.29, 0.717) is 6.42 Å². The lowest BCUT2D eigenvalue weighted by Gasteiger charge is -2.21. The first-order valence-electron chi connectivity index (χ1n) is 12.0. The van der Waals surface area contributed by atoms with Crippen molar-refractivity contribution >= 4 is 12.1 Å². The van der Waals surface area contributed by atoms with Crippen LogP contribution >= 0.6 is 0 Å². The van der Waals surface area contributed by atoms with Gasteiger partial charge in [-0.3, -0.25) is 4.79 Å². The van der Waals surface area contributed by atoms with Gasteiger partial charge in [0.1, 0.15) is 6.10 Å². The molecule has 6 heteroatoms. The summed E-state index contributed by atoms with van der Waals surface area (Å²) in [5.41, 5.74) is 0. The predicted octanol–water partition coefficient (Wildman–Crippen LogP) is 6.18. The van der Waals surface area contributed by atoms with Crippen LogP contribution in [0.1, 0.15) is 111 Å². The summed E-state index contributed by atoms with van der Waals surface area (Å²) >= 11 is 0. The molecule has 0 saturated carbocycles. The fourth-order valence-corrected chi connectivity index (χ4v) is 3.66. The Hall–Kier alpha value is -1.30. The van der Waals surface area contributed by atoms with E-state index in [1.807, 2.05) is 0 Å². The van der Waals surface area contributed by atoms with Crippen molar-refractivity contribution in [3.8, 4) is 0 Å². The molecule has 0 aromatic carbocycles. The summed E-state index contributed by atoms with van der Waals surface area (Å²) in [7, 11) is 1.36. The molecule has 0 aliphatic rings. The number of hydrogen-bond acceptors (Lipinski definition) is 6. The molecule has 178 valence electrons. The molecule has 0 aromatic heterocycles. The van der Waals surface area contributed by atoms with E-state index in [1.54, 1.807) is 13.8 Å². The Balaban J connectivity index is 3.82. The topological polar surface area (TPSA) is 82.1 Å². The van der Waals surface area contributed by atoms with Gasteiger partial charge in [-0.2, -0.15) is 0 Å². The summed E-state index contributed by atoms with van der Waals surface area (Å²) in [4.78, 5) is 23.5. The number of rotatable bonds is 19. The summed E-state index contributed by atoms with van der Waals surface area (Å²) in [5, 5.41) is 9.99. The van der Waals surface area contributed by atoms with Crippen LogP contribution < -0.4 is 0 Å². The van der Waals surface area contributed by atoms with Crippen LogP contribution in [-0.2, 0) is 19.0 Å². The van der Waals surface area contributed by atoms with Crippen molar-refractivity contribution in [1.82, 2.24) is 0 Å². The minimum Gasteiger partial charge on any atom is -0.469 e. The molecule has 3 atom stereocenters. The third kappa shape index (κ3) is 15.5. The number of unbranched alkanes of at least 4 members (excludes halogenated alkanes) is 9. The minimum atomic E-state index is -0.745. The van der Waals surface area contributed by atoms with Crippen molar-refractivity contribution in [2.24, 2.45) is 5.92 Å². The summed E-state index contributed by atoms with van der Waals surface area (Å²) < 4.78 is 14.8. The van der Waals surface area contributed by atoms with Crippen molar-refractivity contribution < 1.29 is 28.9 Å². The predicted molar refractivity (Wildman–Crippen MR) is 119 cm³/mol. The second-order valence-electron chi connectivity index (χ2n) is 8.19. The fourth-order valence-electron chi connectivity index (χ4n) is 3.66. The summed E-state index contributed by atoms with van der Waals surface area (Å²) in [6.45, 7) is 5.86. The molecule has 0 spiro atoms. The van der Waals surface area contributed by atoms with Gasteiger partial charge in [-0.25, -0.2) is 4.79 Å². The van der Waals surface area contributed by atoms with Crippen LogP contribution in [0.15, 0.2) is 0 Å². The van der Waals surface area contributed by atoms with E-state index < -0.39 is 18.2 Å². The molecule has 0 rings (SSSR count). The Labute approximate surface area is 184 Å². The monoisotopic (exact) mass is 430 g/mol. The molecule has 6 nitrogen and oxygen atoms in total. The van der Waals surface area contributed by atoms with Gasteiger partial charge in [-0.15, -0.1) is 0 Å². The average Bonchev–Trinajstić information content (AvgIpc) is 2.72. The molecule has 1 N–H and O–H groups in total. The molecule has 30 heavy (non-hydrogen) atoms.